The number of hydrogen-bond donors (Lipinski definition) is 0. The van der Waals surface area contributed by atoms with E-state index in [-0.39, 0.29) is 42.0 Å². The number of amides is 2. The van der Waals surface area contributed by atoms with Crippen LogP contribution in [0.5, 0.6) is 0 Å². The van der Waals surface area contributed by atoms with Crippen LogP contribution in [0.3, 0.4) is 0 Å². The summed E-state index contributed by atoms with van der Waals surface area (Å²) in [5, 5.41) is 12.2. The van der Waals surface area contributed by atoms with Crippen LogP contribution in [0.4, 0.5) is 5.69 Å². The maximum atomic E-state index is 13.4. The maximum Gasteiger partial charge on any atom is 0.277 e. The van der Waals surface area contributed by atoms with Crippen molar-refractivity contribution in [3.05, 3.63) is 87.5 Å². The Morgan fingerprint density at radius 1 is 0.909 bits per heavy atom. The first-order chi connectivity index (χ1) is 15.5. The number of nitrogens with zero attached hydrogens (tertiary/aromatic N) is 3. The molecule has 2 heterocycles. The van der Waals surface area contributed by atoms with Crippen LogP contribution >= 0.6 is 12.4 Å². The highest BCUT2D eigenvalue weighted by molar-refractivity contribution is 6.26. The van der Waals surface area contributed by atoms with E-state index in [9.17, 15) is 19.7 Å². The minimum absolute atomic E-state index is 0. The number of benzene rings is 3. The molecule has 1 unspecified atom stereocenters. The van der Waals surface area contributed by atoms with Crippen molar-refractivity contribution in [1.29, 1.82) is 0 Å². The number of non-ortho nitro benzene ring substituents is 1. The standard InChI is InChI=1S/C25H23N3O4.ClH/c1-16(17-6-3-2-4-7-17)26-14-12-18(13-15-26)27-24(29)20-9-5-8-19-22(28(31)32)11-10-21(23(19)20)25(27)30;/h2-11,16,18H,12-15H2,1H3;1H. The number of carbonyl (C=O) groups excluding carboxylic acids is 2. The molecule has 170 valence electrons. The minimum atomic E-state index is -0.478. The van der Waals surface area contributed by atoms with Gasteiger partial charge in [-0.15, -0.1) is 12.4 Å². The third-order valence-electron chi connectivity index (χ3n) is 6.81. The number of halogens is 1. The number of rotatable bonds is 4. The van der Waals surface area contributed by atoms with Crippen molar-refractivity contribution < 1.29 is 14.5 Å². The van der Waals surface area contributed by atoms with Crippen molar-refractivity contribution in [2.45, 2.75) is 31.8 Å². The molecule has 3 aromatic carbocycles. The zero-order chi connectivity index (χ0) is 22.4. The van der Waals surface area contributed by atoms with Gasteiger partial charge in [0, 0.05) is 47.8 Å². The molecule has 0 aliphatic carbocycles. The summed E-state index contributed by atoms with van der Waals surface area (Å²) in [6, 6.07) is 18.1. The average molecular weight is 466 g/mol. The van der Waals surface area contributed by atoms with E-state index in [0.29, 0.717) is 34.7 Å². The Labute approximate surface area is 197 Å². The number of carbonyl (C=O) groups is 2. The van der Waals surface area contributed by atoms with Crippen LogP contribution < -0.4 is 0 Å². The summed E-state index contributed by atoms with van der Waals surface area (Å²) in [6.45, 7) is 3.75. The molecule has 1 fully saturated rings. The van der Waals surface area contributed by atoms with E-state index in [1.54, 1.807) is 18.2 Å². The molecule has 2 aliphatic rings. The second-order valence-electron chi connectivity index (χ2n) is 8.45. The number of likely N-dealkylation sites (tertiary alicyclic amines) is 1. The summed E-state index contributed by atoms with van der Waals surface area (Å²) < 4.78 is 0. The van der Waals surface area contributed by atoms with Crippen molar-refractivity contribution >= 4 is 40.7 Å². The predicted molar refractivity (Wildman–Crippen MR) is 128 cm³/mol. The van der Waals surface area contributed by atoms with E-state index < -0.39 is 4.92 Å². The Morgan fingerprint density at radius 2 is 1.55 bits per heavy atom. The molecule has 0 radical (unpaired) electrons. The molecule has 0 aromatic heterocycles. The predicted octanol–water partition coefficient (Wildman–Crippen LogP) is 4.99. The lowest BCUT2D eigenvalue weighted by Gasteiger charge is -2.41. The van der Waals surface area contributed by atoms with Crippen molar-refractivity contribution in [2.75, 3.05) is 13.1 Å². The number of hydrogen-bond acceptors (Lipinski definition) is 5. The van der Waals surface area contributed by atoms with Crippen molar-refractivity contribution in [1.82, 2.24) is 9.80 Å². The molecule has 0 saturated carbocycles. The van der Waals surface area contributed by atoms with Gasteiger partial charge in [-0.2, -0.15) is 0 Å². The van der Waals surface area contributed by atoms with E-state index in [1.807, 2.05) is 18.2 Å². The highest BCUT2D eigenvalue weighted by Gasteiger charge is 2.40. The van der Waals surface area contributed by atoms with Crippen LogP contribution in [-0.2, 0) is 0 Å². The topological polar surface area (TPSA) is 83.8 Å². The highest BCUT2D eigenvalue weighted by Crippen LogP contribution is 2.37. The van der Waals surface area contributed by atoms with Gasteiger partial charge in [0.1, 0.15) is 0 Å². The molecule has 0 N–H and O–H groups in total. The molecule has 2 aliphatic heterocycles. The molecule has 1 saturated heterocycles. The first kappa shape index (κ1) is 22.9. The Hall–Kier alpha value is -3.29. The first-order valence-corrected chi connectivity index (χ1v) is 10.8. The monoisotopic (exact) mass is 465 g/mol. The van der Waals surface area contributed by atoms with Crippen LogP contribution in [0.1, 0.15) is 52.1 Å². The lowest BCUT2D eigenvalue weighted by atomic mass is 9.90. The zero-order valence-corrected chi connectivity index (χ0v) is 19.0. The summed E-state index contributed by atoms with van der Waals surface area (Å²) in [4.78, 5) is 41.4. The highest BCUT2D eigenvalue weighted by atomic mass is 35.5. The quantitative estimate of drug-likeness (QED) is 0.308. The lowest BCUT2D eigenvalue weighted by molar-refractivity contribution is -0.383. The van der Waals surface area contributed by atoms with Crippen molar-refractivity contribution in [2.24, 2.45) is 0 Å². The molecule has 3 aromatic rings. The second-order valence-corrected chi connectivity index (χ2v) is 8.45. The van der Waals surface area contributed by atoms with Crippen LogP contribution in [0.25, 0.3) is 10.8 Å². The normalized spacial score (nSPS) is 17.7. The van der Waals surface area contributed by atoms with Gasteiger partial charge in [0.05, 0.1) is 10.3 Å². The fraction of sp³-hybridized carbons (Fsp3) is 0.280. The van der Waals surface area contributed by atoms with Gasteiger partial charge in [0.2, 0.25) is 0 Å². The van der Waals surface area contributed by atoms with Gasteiger partial charge in [-0.05, 0) is 43.5 Å². The van der Waals surface area contributed by atoms with E-state index >= 15 is 0 Å². The molecule has 7 nitrogen and oxygen atoms in total. The van der Waals surface area contributed by atoms with Gasteiger partial charge in [-0.25, -0.2) is 0 Å². The molecule has 33 heavy (non-hydrogen) atoms. The molecule has 0 bridgehead atoms. The van der Waals surface area contributed by atoms with Crippen molar-refractivity contribution in [3.63, 3.8) is 0 Å². The minimum Gasteiger partial charge on any atom is -0.296 e. The van der Waals surface area contributed by atoms with Gasteiger partial charge < -0.3 is 0 Å². The first-order valence-electron chi connectivity index (χ1n) is 10.8. The smallest absolute Gasteiger partial charge is 0.277 e. The van der Waals surface area contributed by atoms with Crippen LogP contribution in [-0.4, -0.2) is 45.7 Å². The van der Waals surface area contributed by atoms with Gasteiger partial charge in [0.25, 0.3) is 17.5 Å². The number of nitro benzene ring substituents is 1. The zero-order valence-electron chi connectivity index (χ0n) is 18.1. The largest absolute Gasteiger partial charge is 0.296 e. The Balaban J connectivity index is 0.00000259. The van der Waals surface area contributed by atoms with Gasteiger partial charge in [-0.1, -0.05) is 36.4 Å². The molecule has 5 rings (SSSR count). The lowest BCUT2D eigenvalue weighted by Crippen LogP contribution is -2.51. The Kier molecular flexibility index (Phi) is 6.19. The number of imide groups is 1. The van der Waals surface area contributed by atoms with Crippen molar-refractivity contribution in [3.8, 4) is 0 Å². The summed E-state index contributed by atoms with van der Waals surface area (Å²) in [5.41, 5.74) is 1.88. The third kappa shape index (κ3) is 3.77. The average Bonchev–Trinajstić information content (AvgIpc) is 2.82. The number of nitro groups is 1. The fourth-order valence-electron chi connectivity index (χ4n) is 5.06. The molecule has 8 heteroatoms. The van der Waals surface area contributed by atoms with E-state index in [2.05, 4.69) is 24.0 Å². The van der Waals surface area contributed by atoms with Gasteiger partial charge >= 0.3 is 0 Å². The van der Waals surface area contributed by atoms with E-state index in [0.717, 1.165) is 13.1 Å². The third-order valence-corrected chi connectivity index (χ3v) is 6.81. The molecular formula is C25H24ClN3O4. The Morgan fingerprint density at radius 3 is 2.18 bits per heavy atom. The molecule has 0 spiro atoms. The van der Waals surface area contributed by atoms with Crippen LogP contribution in [0, 0.1) is 10.1 Å². The fourth-order valence-corrected chi connectivity index (χ4v) is 5.06. The van der Waals surface area contributed by atoms with Gasteiger partial charge in [-0.3, -0.25) is 29.5 Å². The molecular weight excluding hydrogens is 442 g/mol. The summed E-state index contributed by atoms with van der Waals surface area (Å²) in [6.07, 6.45) is 1.40. The van der Waals surface area contributed by atoms with E-state index in [4.69, 9.17) is 0 Å². The molecule has 1 atom stereocenters. The second kappa shape index (κ2) is 8.92. The van der Waals surface area contributed by atoms with Crippen LogP contribution in [0.15, 0.2) is 60.7 Å². The SMILES string of the molecule is CC(c1ccccc1)N1CCC(N2C(=O)c3cccc4c([N+](=O)[O-])ccc(c34)C2=O)CC1.Cl. The molecule has 2 amide bonds. The van der Waals surface area contributed by atoms with E-state index in [1.165, 1.54) is 22.6 Å². The maximum absolute atomic E-state index is 13.4. The summed E-state index contributed by atoms with van der Waals surface area (Å²) in [7, 11) is 0. The Bertz CT molecular complexity index is 1220. The van der Waals surface area contributed by atoms with Crippen LogP contribution in [0.2, 0.25) is 0 Å². The van der Waals surface area contributed by atoms with Gasteiger partial charge in [0.15, 0.2) is 0 Å². The summed E-state index contributed by atoms with van der Waals surface area (Å²) >= 11 is 0. The number of piperidine rings is 1. The summed E-state index contributed by atoms with van der Waals surface area (Å²) in [5.74, 6) is -0.716.